The van der Waals surface area contributed by atoms with Gasteiger partial charge in [0, 0.05) is 43.4 Å². The third kappa shape index (κ3) is 4.54. The van der Waals surface area contributed by atoms with Crippen molar-refractivity contribution in [3.05, 3.63) is 51.8 Å². The van der Waals surface area contributed by atoms with Gasteiger partial charge in [-0.3, -0.25) is 4.79 Å². The molecular weight excluding hydrogens is 458 g/mol. The second-order valence-electron chi connectivity index (χ2n) is 8.84. The van der Waals surface area contributed by atoms with Crippen LogP contribution in [0.4, 0.5) is 0 Å². The Bertz CT molecular complexity index is 1300. The third-order valence-corrected chi connectivity index (χ3v) is 7.50. The number of fused-ring (bicyclic) bond motifs is 3. The van der Waals surface area contributed by atoms with Crippen molar-refractivity contribution in [2.75, 3.05) is 20.3 Å². The molecule has 34 heavy (non-hydrogen) atoms. The van der Waals surface area contributed by atoms with E-state index < -0.39 is 27.5 Å². The summed E-state index contributed by atoms with van der Waals surface area (Å²) < 4.78 is 44.3. The van der Waals surface area contributed by atoms with E-state index in [-0.39, 0.29) is 22.3 Å². The lowest BCUT2D eigenvalue weighted by molar-refractivity contribution is 0.0375. The first-order valence-electron chi connectivity index (χ1n) is 11.3. The molecule has 0 bridgehead atoms. The predicted octanol–water partition coefficient (Wildman–Crippen LogP) is 3.76. The van der Waals surface area contributed by atoms with Crippen LogP contribution in [0.1, 0.15) is 60.6 Å². The van der Waals surface area contributed by atoms with E-state index in [1.165, 1.54) is 12.1 Å². The van der Waals surface area contributed by atoms with E-state index >= 15 is 0 Å². The summed E-state index contributed by atoms with van der Waals surface area (Å²) in [6.07, 6.45) is 3.41. The minimum atomic E-state index is -3.75. The Morgan fingerprint density at radius 1 is 1.24 bits per heavy atom. The van der Waals surface area contributed by atoms with Gasteiger partial charge >= 0.3 is 5.97 Å². The second kappa shape index (κ2) is 9.38. The zero-order valence-electron chi connectivity index (χ0n) is 19.6. The topological polar surface area (TPSA) is 101 Å². The highest BCUT2D eigenvalue weighted by Crippen LogP contribution is 2.45. The monoisotopic (exact) mass is 487 g/mol. The van der Waals surface area contributed by atoms with Crippen molar-refractivity contribution in [3.8, 4) is 17.0 Å². The van der Waals surface area contributed by atoms with Crippen molar-refractivity contribution < 1.29 is 27.4 Å². The van der Waals surface area contributed by atoms with Crippen LogP contribution in [-0.4, -0.2) is 45.4 Å². The molecule has 2 heterocycles. The molecule has 0 unspecified atom stereocenters. The average molecular weight is 488 g/mol. The molecule has 0 amide bonds. The number of ether oxygens (including phenoxy) is 3. The molecule has 0 spiro atoms. The Kier molecular flexibility index (Phi) is 6.69. The quantitative estimate of drug-likeness (QED) is 0.392. The number of pyridine rings is 1. The lowest BCUT2D eigenvalue weighted by atomic mass is 10.00. The fraction of sp³-hybridized carbons (Fsp3) is 0.440. The fourth-order valence-electron chi connectivity index (χ4n) is 4.18. The number of hydrogen-bond acceptors (Lipinski definition) is 7. The van der Waals surface area contributed by atoms with Gasteiger partial charge < -0.3 is 18.8 Å². The van der Waals surface area contributed by atoms with Gasteiger partial charge in [0.2, 0.25) is 0 Å². The smallest absolute Gasteiger partial charge is 0.344 e. The van der Waals surface area contributed by atoms with Crippen LogP contribution in [-0.2, 0) is 25.1 Å². The standard InChI is InChI=1S/C25H29NO7S/c1-5-16-11-19-22(13-21(16)32-10-6-9-31-4)34(29,30)14-17-12-20(25(28)33-15(2)3)24(27)26(23(17)19)18-7-8-18/h5,11-13,15,18H,1,6-10,14H2,2-4H3. The molecule has 4 rings (SSSR count). The molecule has 1 saturated carbocycles. The zero-order valence-corrected chi connectivity index (χ0v) is 20.4. The van der Waals surface area contributed by atoms with Gasteiger partial charge in [0.1, 0.15) is 11.3 Å². The first-order valence-corrected chi connectivity index (χ1v) is 13.0. The second-order valence-corrected chi connectivity index (χ2v) is 10.8. The largest absolute Gasteiger partial charge is 0.493 e. The van der Waals surface area contributed by atoms with Crippen LogP contribution in [0.5, 0.6) is 5.75 Å². The van der Waals surface area contributed by atoms with Crippen molar-refractivity contribution in [3.63, 3.8) is 0 Å². The molecule has 1 fully saturated rings. The summed E-state index contributed by atoms with van der Waals surface area (Å²) in [6, 6.07) is 4.51. The average Bonchev–Trinajstić information content (AvgIpc) is 3.61. The van der Waals surface area contributed by atoms with E-state index in [1.54, 1.807) is 37.7 Å². The SMILES string of the molecule is C=Cc1cc2c(cc1OCCCOC)S(=O)(=O)Cc1cc(C(=O)OC(C)C)c(=O)n(C3CC3)c1-2. The molecule has 182 valence electrons. The maximum Gasteiger partial charge on any atom is 0.344 e. The van der Waals surface area contributed by atoms with Gasteiger partial charge in [-0.05, 0) is 44.4 Å². The summed E-state index contributed by atoms with van der Waals surface area (Å²) in [5, 5.41) is 0. The van der Waals surface area contributed by atoms with E-state index in [9.17, 15) is 18.0 Å². The van der Waals surface area contributed by atoms with Crippen molar-refractivity contribution in [1.82, 2.24) is 4.57 Å². The number of aromatic nitrogens is 1. The first-order chi connectivity index (χ1) is 16.2. The highest BCUT2D eigenvalue weighted by molar-refractivity contribution is 7.90. The number of esters is 1. The first kappa shape index (κ1) is 24.2. The van der Waals surface area contributed by atoms with E-state index in [2.05, 4.69) is 6.58 Å². The van der Waals surface area contributed by atoms with Gasteiger partial charge in [0.25, 0.3) is 5.56 Å². The molecule has 0 atom stereocenters. The van der Waals surface area contributed by atoms with Crippen LogP contribution in [0.25, 0.3) is 17.3 Å². The summed E-state index contributed by atoms with van der Waals surface area (Å²) >= 11 is 0. The minimum Gasteiger partial charge on any atom is -0.493 e. The Hall–Kier alpha value is -2.91. The van der Waals surface area contributed by atoms with Gasteiger partial charge in [-0.25, -0.2) is 13.2 Å². The van der Waals surface area contributed by atoms with Crippen LogP contribution in [0.3, 0.4) is 0 Å². The van der Waals surface area contributed by atoms with Crippen LogP contribution < -0.4 is 10.3 Å². The Balaban J connectivity index is 1.90. The summed E-state index contributed by atoms with van der Waals surface area (Å²) in [7, 11) is -2.14. The molecule has 1 aliphatic heterocycles. The zero-order chi connectivity index (χ0) is 24.6. The van der Waals surface area contributed by atoms with Crippen LogP contribution in [0.2, 0.25) is 0 Å². The molecule has 8 nitrogen and oxygen atoms in total. The maximum atomic E-state index is 13.4. The summed E-state index contributed by atoms with van der Waals surface area (Å²) in [4.78, 5) is 26.1. The lowest BCUT2D eigenvalue weighted by Gasteiger charge is -2.26. The number of carbonyl (C=O) groups excluding carboxylic acids is 1. The number of hydrogen-bond donors (Lipinski definition) is 0. The molecule has 0 N–H and O–H groups in total. The lowest BCUT2D eigenvalue weighted by Crippen LogP contribution is -2.32. The van der Waals surface area contributed by atoms with E-state index in [1.807, 2.05) is 0 Å². The maximum absolute atomic E-state index is 13.4. The Labute approximate surface area is 199 Å². The van der Waals surface area contributed by atoms with E-state index in [4.69, 9.17) is 14.2 Å². The molecule has 1 aromatic carbocycles. The molecule has 2 aliphatic rings. The molecule has 9 heteroatoms. The van der Waals surface area contributed by atoms with E-state index in [0.717, 1.165) is 12.8 Å². The van der Waals surface area contributed by atoms with Crippen LogP contribution >= 0.6 is 0 Å². The third-order valence-electron chi connectivity index (χ3n) is 5.81. The van der Waals surface area contributed by atoms with Crippen molar-refractivity contribution in [1.29, 1.82) is 0 Å². The van der Waals surface area contributed by atoms with Crippen molar-refractivity contribution >= 4 is 21.9 Å². The van der Waals surface area contributed by atoms with Crippen molar-refractivity contribution in [2.24, 2.45) is 0 Å². The highest BCUT2D eigenvalue weighted by Gasteiger charge is 2.37. The number of sulfone groups is 1. The molecule has 2 aromatic rings. The number of methoxy groups -OCH3 is 1. The van der Waals surface area contributed by atoms with Crippen LogP contribution in [0, 0.1) is 0 Å². The number of carbonyl (C=O) groups is 1. The predicted molar refractivity (Wildman–Crippen MR) is 128 cm³/mol. The van der Waals surface area contributed by atoms with Gasteiger partial charge in [-0.15, -0.1) is 0 Å². The summed E-state index contributed by atoms with van der Waals surface area (Å²) in [6.45, 7) is 8.12. The Morgan fingerprint density at radius 2 is 1.97 bits per heavy atom. The van der Waals surface area contributed by atoms with Gasteiger partial charge in [0.05, 0.1) is 29.1 Å². The van der Waals surface area contributed by atoms with E-state index in [0.29, 0.717) is 47.8 Å². The molecule has 0 radical (unpaired) electrons. The van der Waals surface area contributed by atoms with Crippen LogP contribution in [0.15, 0.2) is 34.5 Å². The normalized spacial score (nSPS) is 16.0. The molecule has 0 saturated heterocycles. The van der Waals surface area contributed by atoms with Crippen molar-refractivity contribution in [2.45, 2.75) is 55.9 Å². The van der Waals surface area contributed by atoms with Gasteiger partial charge in [-0.2, -0.15) is 0 Å². The van der Waals surface area contributed by atoms with Gasteiger partial charge in [-0.1, -0.05) is 12.7 Å². The minimum absolute atomic E-state index is 0.0844. The summed E-state index contributed by atoms with van der Waals surface area (Å²) in [5.74, 6) is -0.651. The number of rotatable bonds is 9. The Morgan fingerprint density at radius 3 is 2.59 bits per heavy atom. The molecule has 1 aromatic heterocycles. The summed E-state index contributed by atoms with van der Waals surface area (Å²) in [5.41, 5.74) is 1.40. The highest BCUT2D eigenvalue weighted by atomic mass is 32.2. The fourth-order valence-corrected chi connectivity index (χ4v) is 5.74. The number of benzene rings is 1. The van der Waals surface area contributed by atoms with Gasteiger partial charge in [0.15, 0.2) is 9.84 Å². The molecular formula is C25H29NO7S. The number of nitrogens with zero attached hydrogens (tertiary/aromatic N) is 1. The molecule has 1 aliphatic carbocycles.